The van der Waals surface area contributed by atoms with Crippen LogP contribution in [0.15, 0.2) is 53.7 Å². The summed E-state index contributed by atoms with van der Waals surface area (Å²) >= 11 is 1.28. The lowest BCUT2D eigenvalue weighted by Gasteiger charge is -2.29. The van der Waals surface area contributed by atoms with Crippen molar-refractivity contribution in [1.29, 1.82) is 0 Å². The number of aromatic nitrogens is 3. The van der Waals surface area contributed by atoms with Crippen molar-refractivity contribution < 1.29 is 19.4 Å². The van der Waals surface area contributed by atoms with Crippen molar-refractivity contribution in [2.24, 2.45) is 7.05 Å². The van der Waals surface area contributed by atoms with E-state index in [4.69, 9.17) is 4.74 Å². The van der Waals surface area contributed by atoms with Gasteiger partial charge in [-0.1, -0.05) is 30.0 Å². The van der Waals surface area contributed by atoms with Crippen LogP contribution in [0.3, 0.4) is 0 Å². The zero-order valence-electron chi connectivity index (χ0n) is 19.1. The Kier molecular flexibility index (Phi) is 7.49. The van der Waals surface area contributed by atoms with E-state index in [9.17, 15) is 14.7 Å². The summed E-state index contributed by atoms with van der Waals surface area (Å²) in [5.41, 5.74) is 2.59. The maximum absolute atomic E-state index is 12.9. The van der Waals surface area contributed by atoms with E-state index in [1.165, 1.54) is 17.3 Å². The van der Waals surface area contributed by atoms with Crippen LogP contribution in [0.1, 0.15) is 34.2 Å². The molecule has 1 aliphatic heterocycles. The van der Waals surface area contributed by atoms with Gasteiger partial charge >= 0.3 is 0 Å². The molecule has 1 aliphatic rings. The number of carbonyl (C=O) groups is 2. The van der Waals surface area contributed by atoms with Crippen LogP contribution in [0, 0.1) is 0 Å². The second-order valence-electron chi connectivity index (χ2n) is 7.90. The molecule has 1 atom stereocenters. The second kappa shape index (κ2) is 10.7. The molecule has 3 aromatic rings. The minimum absolute atomic E-state index is 0.00761. The topological polar surface area (TPSA) is 110 Å². The number of hydrogen-bond acceptors (Lipinski definition) is 7. The molecule has 9 nitrogen and oxygen atoms in total. The first kappa shape index (κ1) is 23.8. The Morgan fingerprint density at radius 2 is 1.94 bits per heavy atom. The second-order valence-corrected chi connectivity index (χ2v) is 8.85. The molecule has 2 heterocycles. The fraction of sp³-hybridized carbons (Fsp3) is 0.333. The van der Waals surface area contributed by atoms with Crippen LogP contribution >= 0.6 is 11.8 Å². The van der Waals surface area contributed by atoms with Crippen LogP contribution in [-0.2, 0) is 18.3 Å². The van der Waals surface area contributed by atoms with Crippen LogP contribution in [0.5, 0.6) is 5.75 Å². The molecule has 0 saturated carbocycles. The summed E-state index contributed by atoms with van der Waals surface area (Å²) in [7, 11) is 3.31. The molecular formula is C24H27N5O4S. The van der Waals surface area contributed by atoms with E-state index in [-0.39, 0.29) is 24.2 Å². The van der Waals surface area contributed by atoms with Crippen molar-refractivity contribution in [2.75, 3.05) is 30.9 Å². The van der Waals surface area contributed by atoms with Gasteiger partial charge in [-0.2, -0.15) is 0 Å². The van der Waals surface area contributed by atoms with Gasteiger partial charge in [0.1, 0.15) is 11.8 Å². The predicted octanol–water partition coefficient (Wildman–Crippen LogP) is 2.36. The maximum Gasteiger partial charge on any atom is 0.251 e. The number of benzene rings is 2. The lowest BCUT2D eigenvalue weighted by molar-refractivity contribution is -0.116. The summed E-state index contributed by atoms with van der Waals surface area (Å²) in [4.78, 5) is 27.4. The highest BCUT2D eigenvalue weighted by molar-refractivity contribution is 7.99. The number of nitrogens with one attached hydrogen (secondary N) is 1. The lowest BCUT2D eigenvalue weighted by Crippen LogP contribution is -2.36. The zero-order valence-corrected chi connectivity index (χ0v) is 19.9. The molecule has 2 N–H and O–H groups in total. The molecule has 10 heteroatoms. The Balaban J connectivity index is 1.40. The number of methoxy groups -OCH3 is 1. The highest BCUT2D eigenvalue weighted by atomic mass is 32.2. The van der Waals surface area contributed by atoms with E-state index >= 15 is 0 Å². The summed E-state index contributed by atoms with van der Waals surface area (Å²) in [6.07, 6.45) is 1.91. The Labute approximate surface area is 202 Å². The first-order valence-electron chi connectivity index (χ1n) is 11.0. The van der Waals surface area contributed by atoms with Gasteiger partial charge in [-0.3, -0.25) is 9.59 Å². The van der Waals surface area contributed by atoms with E-state index in [0.29, 0.717) is 28.8 Å². The van der Waals surface area contributed by atoms with E-state index in [1.54, 1.807) is 43.0 Å². The normalized spacial score (nSPS) is 13.8. The van der Waals surface area contributed by atoms with Crippen LogP contribution in [0.4, 0.5) is 5.69 Å². The number of aliphatic hydroxyl groups is 1. The van der Waals surface area contributed by atoms with E-state index in [0.717, 1.165) is 18.5 Å². The van der Waals surface area contributed by atoms with Gasteiger partial charge in [0, 0.05) is 24.8 Å². The van der Waals surface area contributed by atoms with Crippen molar-refractivity contribution in [3.63, 3.8) is 0 Å². The Morgan fingerprint density at radius 1 is 1.18 bits per heavy atom. The lowest BCUT2D eigenvalue weighted by atomic mass is 10.0. The van der Waals surface area contributed by atoms with Gasteiger partial charge < -0.3 is 24.6 Å². The molecule has 0 aliphatic carbocycles. The highest BCUT2D eigenvalue weighted by Crippen LogP contribution is 2.28. The van der Waals surface area contributed by atoms with Crippen LogP contribution in [0.2, 0.25) is 0 Å². The summed E-state index contributed by atoms with van der Waals surface area (Å²) < 4.78 is 6.80. The van der Waals surface area contributed by atoms with Crippen molar-refractivity contribution in [3.8, 4) is 5.75 Å². The van der Waals surface area contributed by atoms with Crippen LogP contribution < -0.4 is 15.0 Å². The number of thioether (sulfide) groups is 1. The van der Waals surface area contributed by atoms with Crippen molar-refractivity contribution >= 4 is 29.3 Å². The fourth-order valence-electron chi connectivity index (χ4n) is 3.93. The molecule has 34 heavy (non-hydrogen) atoms. The standard InChI is InChI=1S/C24H27N5O4S/c1-28-22(19(14-30)25-23(32)17-9-11-18(33-2)12-10-17)26-27-24(28)34-15-21(31)29-13-5-7-16-6-3-4-8-20(16)29/h3-4,6,8-12,19,30H,5,7,13-15H2,1-2H3,(H,25,32). The molecule has 1 unspecified atom stereocenters. The Morgan fingerprint density at radius 3 is 2.68 bits per heavy atom. The van der Waals surface area contributed by atoms with Gasteiger partial charge in [0.2, 0.25) is 5.91 Å². The van der Waals surface area contributed by atoms with Crippen molar-refractivity contribution in [2.45, 2.75) is 24.0 Å². The molecular weight excluding hydrogens is 454 g/mol. The molecule has 2 aromatic carbocycles. The number of aryl methyl sites for hydroxylation is 1. The SMILES string of the molecule is COc1ccc(C(=O)NC(CO)c2nnc(SCC(=O)N3CCCc4ccccc43)n2C)cc1. The van der Waals surface area contributed by atoms with Crippen LogP contribution in [0.25, 0.3) is 0 Å². The van der Waals surface area contributed by atoms with Gasteiger partial charge in [-0.25, -0.2) is 0 Å². The summed E-state index contributed by atoms with van der Waals surface area (Å²) in [5, 5.41) is 21.5. The Hall–Kier alpha value is -3.37. The molecule has 0 spiro atoms. The third-order valence-corrected chi connectivity index (χ3v) is 6.76. The average Bonchev–Trinajstić information content (AvgIpc) is 3.25. The van der Waals surface area contributed by atoms with Gasteiger partial charge in [0.25, 0.3) is 5.91 Å². The molecule has 1 aromatic heterocycles. The number of para-hydroxylation sites is 1. The number of fused-ring (bicyclic) bond motifs is 1. The molecule has 4 rings (SSSR count). The van der Waals surface area contributed by atoms with Crippen LogP contribution in [-0.4, -0.2) is 57.7 Å². The number of nitrogens with zero attached hydrogens (tertiary/aromatic N) is 4. The summed E-state index contributed by atoms with van der Waals surface area (Å²) in [6, 6.07) is 13.9. The monoisotopic (exact) mass is 481 g/mol. The first-order chi connectivity index (χ1) is 16.5. The highest BCUT2D eigenvalue weighted by Gasteiger charge is 2.25. The fourth-order valence-corrected chi connectivity index (χ4v) is 4.72. The molecule has 0 fully saturated rings. The number of anilines is 1. The van der Waals surface area contributed by atoms with E-state index in [1.807, 2.05) is 23.1 Å². The largest absolute Gasteiger partial charge is 0.497 e. The van der Waals surface area contributed by atoms with Gasteiger partial charge in [0.05, 0.1) is 19.5 Å². The molecule has 0 radical (unpaired) electrons. The van der Waals surface area contributed by atoms with E-state index < -0.39 is 6.04 Å². The third kappa shape index (κ3) is 5.07. The summed E-state index contributed by atoms with van der Waals surface area (Å²) in [6.45, 7) is 0.354. The number of carbonyl (C=O) groups excluding carboxylic acids is 2. The number of rotatable bonds is 8. The molecule has 178 valence electrons. The zero-order chi connectivity index (χ0) is 24.1. The van der Waals surface area contributed by atoms with Gasteiger partial charge in [0.15, 0.2) is 11.0 Å². The minimum Gasteiger partial charge on any atom is -0.497 e. The molecule has 0 saturated heterocycles. The smallest absolute Gasteiger partial charge is 0.251 e. The number of ether oxygens (including phenoxy) is 1. The van der Waals surface area contributed by atoms with E-state index in [2.05, 4.69) is 21.6 Å². The van der Waals surface area contributed by atoms with Gasteiger partial charge in [-0.15, -0.1) is 10.2 Å². The maximum atomic E-state index is 12.9. The number of amides is 2. The summed E-state index contributed by atoms with van der Waals surface area (Å²) in [5.74, 6) is 0.920. The Bertz CT molecular complexity index is 1160. The number of aliphatic hydroxyl groups excluding tert-OH is 1. The minimum atomic E-state index is -0.744. The van der Waals surface area contributed by atoms with Crippen molar-refractivity contribution in [3.05, 3.63) is 65.5 Å². The predicted molar refractivity (Wildman–Crippen MR) is 129 cm³/mol. The number of hydrogen-bond donors (Lipinski definition) is 2. The van der Waals surface area contributed by atoms with Gasteiger partial charge in [-0.05, 0) is 48.7 Å². The molecule has 0 bridgehead atoms. The van der Waals surface area contributed by atoms with Crippen molar-refractivity contribution in [1.82, 2.24) is 20.1 Å². The molecule has 2 amide bonds. The quantitative estimate of drug-likeness (QED) is 0.475. The average molecular weight is 482 g/mol. The third-order valence-electron chi connectivity index (χ3n) is 5.76. The first-order valence-corrected chi connectivity index (χ1v) is 12.0.